The second-order valence-electron chi connectivity index (χ2n) is 5.32. The van der Waals surface area contributed by atoms with Crippen molar-refractivity contribution in [1.82, 2.24) is 9.78 Å². The van der Waals surface area contributed by atoms with Gasteiger partial charge in [0.2, 0.25) is 0 Å². The summed E-state index contributed by atoms with van der Waals surface area (Å²) >= 11 is 1.42. The Kier molecular flexibility index (Phi) is 5.85. The second-order valence-corrected chi connectivity index (χ2v) is 6.27. The zero-order chi connectivity index (χ0) is 18.4. The van der Waals surface area contributed by atoms with Crippen molar-refractivity contribution in [3.63, 3.8) is 0 Å². The molecule has 0 aliphatic heterocycles. The highest BCUT2D eigenvalue weighted by Gasteiger charge is 2.13. The molecule has 0 fully saturated rings. The summed E-state index contributed by atoms with van der Waals surface area (Å²) in [4.78, 5) is 24.5. The fourth-order valence-corrected chi connectivity index (χ4v) is 2.94. The summed E-state index contributed by atoms with van der Waals surface area (Å²) in [5.41, 5.74) is 0.793. The average Bonchev–Trinajstić information content (AvgIpc) is 3.29. The lowest BCUT2D eigenvalue weighted by atomic mass is 10.2. The first-order valence-electron chi connectivity index (χ1n) is 8.15. The van der Waals surface area contributed by atoms with Gasteiger partial charge in [0.25, 0.3) is 5.89 Å². The number of ether oxygens (including phenoxy) is 2. The first kappa shape index (κ1) is 17.9. The van der Waals surface area contributed by atoms with Crippen LogP contribution in [-0.2, 0) is 22.7 Å². The molecule has 1 aromatic carbocycles. The van der Waals surface area contributed by atoms with Crippen molar-refractivity contribution >= 4 is 17.3 Å². The van der Waals surface area contributed by atoms with Crippen molar-refractivity contribution in [2.75, 3.05) is 6.61 Å². The monoisotopic (exact) mass is 374 g/mol. The Balaban J connectivity index is 1.54. The second kappa shape index (κ2) is 8.48. The van der Waals surface area contributed by atoms with E-state index in [-0.39, 0.29) is 25.5 Å². The highest BCUT2D eigenvalue weighted by Crippen LogP contribution is 2.21. The van der Waals surface area contributed by atoms with Gasteiger partial charge in [-0.15, -0.1) is 16.4 Å². The van der Waals surface area contributed by atoms with E-state index in [1.165, 1.54) is 11.3 Å². The van der Waals surface area contributed by atoms with Crippen molar-refractivity contribution in [1.29, 1.82) is 0 Å². The molecule has 8 heteroatoms. The maximum absolute atomic E-state index is 12.0. The summed E-state index contributed by atoms with van der Waals surface area (Å²) in [6.07, 6.45) is 0.0210. The van der Waals surface area contributed by atoms with Crippen molar-refractivity contribution in [2.45, 2.75) is 26.5 Å². The molecule has 0 saturated carbocycles. The molecule has 0 unspecified atom stereocenters. The molecule has 0 N–H and O–H groups in total. The van der Waals surface area contributed by atoms with Crippen LogP contribution in [0.1, 0.15) is 18.9 Å². The van der Waals surface area contributed by atoms with Gasteiger partial charge in [-0.05, 0) is 24.4 Å². The maximum Gasteiger partial charge on any atom is 0.437 e. The third kappa shape index (κ3) is 4.40. The van der Waals surface area contributed by atoms with E-state index >= 15 is 0 Å². The highest BCUT2D eigenvalue weighted by atomic mass is 32.1. The number of carbonyl (C=O) groups excluding carboxylic acids is 1. The number of aryl methyl sites for hydroxylation is 1. The summed E-state index contributed by atoms with van der Waals surface area (Å²) < 4.78 is 17.0. The van der Waals surface area contributed by atoms with Crippen LogP contribution in [-0.4, -0.2) is 22.4 Å². The number of esters is 1. The summed E-state index contributed by atoms with van der Waals surface area (Å²) in [5, 5.41) is 5.97. The molecule has 0 atom stereocenters. The Bertz CT molecular complexity index is 914. The number of benzene rings is 1. The first-order chi connectivity index (χ1) is 12.7. The van der Waals surface area contributed by atoms with Gasteiger partial charge in [-0.25, -0.2) is 4.79 Å². The SMILES string of the molecule is CCOc1ccccc1COC(=O)CCn1nc(-c2cccs2)oc1=O. The zero-order valence-corrected chi connectivity index (χ0v) is 15.0. The van der Waals surface area contributed by atoms with Crippen molar-refractivity contribution in [2.24, 2.45) is 0 Å². The van der Waals surface area contributed by atoms with Crippen LogP contribution in [0, 0.1) is 0 Å². The van der Waals surface area contributed by atoms with E-state index in [0.717, 1.165) is 15.1 Å². The lowest BCUT2D eigenvalue weighted by molar-refractivity contribution is -0.145. The molecule has 0 aliphatic rings. The molecular formula is C18H18N2O5S. The van der Waals surface area contributed by atoms with E-state index in [2.05, 4.69) is 5.10 Å². The van der Waals surface area contributed by atoms with Crippen LogP contribution in [0.25, 0.3) is 10.8 Å². The molecule has 3 rings (SSSR count). The van der Waals surface area contributed by atoms with E-state index < -0.39 is 11.7 Å². The molecule has 0 saturated heterocycles. The normalized spacial score (nSPS) is 10.7. The Hall–Kier alpha value is -2.87. The van der Waals surface area contributed by atoms with Crippen molar-refractivity contribution in [3.8, 4) is 16.5 Å². The number of aromatic nitrogens is 2. The van der Waals surface area contributed by atoms with Gasteiger partial charge < -0.3 is 13.9 Å². The van der Waals surface area contributed by atoms with Gasteiger partial charge in [-0.1, -0.05) is 24.3 Å². The smallest absolute Gasteiger partial charge is 0.437 e. The van der Waals surface area contributed by atoms with Crippen LogP contribution < -0.4 is 10.5 Å². The van der Waals surface area contributed by atoms with Crippen LogP contribution in [0.3, 0.4) is 0 Å². The zero-order valence-electron chi connectivity index (χ0n) is 14.2. The standard InChI is InChI=1S/C18H18N2O5S/c1-2-23-14-7-4-3-6-13(14)12-24-16(21)9-10-20-18(22)25-17(19-20)15-8-5-11-26-15/h3-8,11H,2,9-10,12H2,1H3. The molecule has 0 spiro atoms. The number of nitrogens with zero attached hydrogens (tertiary/aromatic N) is 2. The van der Waals surface area contributed by atoms with Gasteiger partial charge in [0.1, 0.15) is 12.4 Å². The molecule has 0 radical (unpaired) electrons. The third-order valence-corrected chi connectivity index (χ3v) is 4.38. The predicted molar refractivity (Wildman–Crippen MR) is 96.1 cm³/mol. The molecule has 2 aromatic heterocycles. The fourth-order valence-electron chi connectivity index (χ4n) is 2.29. The van der Waals surface area contributed by atoms with Gasteiger partial charge in [0.15, 0.2) is 0 Å². The molecular weight excluding hydrogens is 356 g/mol. The van der Waals surface area contributed by atoms with Crippen LogP contribution >= 0.6 is 11.3 Å². The molecule has 0 bridgehead atoms. The average molecular weight is 374 g/mol. The van der Waals surface area contributed by atoms with E-state index in [1.54, 1.807) is 0 Å². The highest BCUT2D eigenvalue weighted by molar-refractivity contribution is 7.13. The lowest BCUT2D eigenvalue weighted by Gasteiger charge is -2.10. The van der Waals surface area contributed by atoms with Gasteiger partial charge in [0, 0.05) is 5.56 Å². The number of para-hydroxylation sites is 1. The molecule has 0 aliphatic carbocycles. The molecule has 0 amide bonds. The Morgan fingerprint density at radius 3 is 2.88 bits per heavy atom. The predicted octanol–water partition coefficient (Wildman–Crippen LogP) is 3.10. The number of rotatable bonds is 8. The molecule has 3 aromatic rings. The fraction of sp³-hybridized carbons (Fsp3) is 0.278. The van der Waals surface area contributed by atoms with E-state index in [0.29, 0.717) is 12.4 Å². The van der Waals surface area contributed by atoms with Crippen LogP contribution in [0.2, 0.25) is 0 Å². The third-order valence-electron chi connectivity index (χ3n) is 3.53. The van der Waals surface area contributed by atoms with E-state index in [9.17, 15) is 9.59 Å². The summed E-state index contributed by atoms with van der Waals surface area (Å²) in [5.74, 6) is -0.0770. The number of hydrogen-bond acceptors (Lipinski definition) is 7. The van der Waals surface area contributed by atoms with Gasteiger partial charge in [-0.3, -0.25) is 4.79 Å². The van der Waals surface area contributed by atoms with Gasteiger partial charge in [-0.2, -0.15) is 4.68 Å². The number of thiophene rings is 1. The summed E-state index contributed by atoms with van der Waals surface area (Å²) in [6, 6.07) is 11.0. The first-order valence-corrected chi connectivity index (χ1v) is 9.03. The van der Waals surface area contributed by atoms with Crippen molar-refractivity contribution in [3.05, 3.63) is 57.9 Å². The summed E-state index contributed by atoms with van der Waals surface area (Å²) in [7, 11) is 0. The van der Waals surface area contributed by atoms with E-state index in [4.69, 9.17) is 13.9 Å². The van der Waals surface area contributed by atoms with E-state index in [1.807, 2.05) is 48.7 Å². The number of hydrogen-bond donors (Lipinski definition) is 0. The van der Waals surface area contributed by atoms with Crippen LogP contribution in [0.15, 0.2) is 51.0 Å². The Morgan fingerprint density at radius 2 is 2.12 bits per heavy atom. The lowest BCUT2D eigenvalue weighted by Crippen LogP contribution is -2.19. The van der Waals surface area contributed by atoms with Gasteiger partial charge in [0.05, 0.1) is 24.4 Å². The molecule has 2 heterocycles. The largest absolute Gasteiger partial charge is 0.493 e. The minimum absolute atomic E-state index is 0.0210. The van der Waals surface area contributed by atoms with Crippen LogP contribution in [0.5, 0.6) is 5.75 Å². The number of carbonyl (C=O) groups is 1. The minimum atomic E-state index is -0.595. The molecule has 26 heavy (non-hydrogen) atoms. The molecule has 7 nitrogen and oxygen atoms in total. The quantitative estimate of drug-likeness (QED) is 0.564. The van der Waals surface area contributed by atoms with Crippen molar-refractivity contribution < 1.29 is 18.7 Å². The Labute approximate surface area is 153 Å². The summed E-state index contributed by atoms with van der Waals surface area (Å²) in [6.45, 7) is 2.64. The minimum Gasteiger partial charge on any atom is -0.493 e. The van der Waals surface area contributed by atoms with Crippen LogP contribution in [0.4, 0.5) is 0 Å². The maximum atomic E-state index is 12.0. The Morgan fingerprint density at radius 1 is 1.27 bits per heavy atom. The molecule has 136 valence electrons. The van der Waals surface area contributed by atoms with Gasteiger partial charge >= 0.3 is 11.7 Å². The topological polar surface area (TPSA) is 83.6 Å².